The van der Waals surface area contributed by atoms with E-state index in [1.807, 2.05) is 12.1 Å². The van der Waals surface area contributed by atoms with Crippen LogP contribution in [0, 0.1) is 11.8 Å². The topological polar surface area (TPSA) is 56.3 Å². The molecule has 162 valence electrons. The Balaban J connectivity index is 1.63. The van der Waals surface area contributed by atoms with E-state index in [4.69, 9.17) is 4.74 Å². The number of pyridine rings is 1. The first-order chi connectivity index (χ1) is 13.4. The summed E-state index contributed by atoms with van der Waals surface area (Å²) in [6, 6.07) is 1.82. The molecule has 0 saturated heterocycles. The van der Waals surface area contributed by atoms with Gasteiger partial charge in [0.05, 0.1) is 10.5 Å². The van der Waals surface area contributed by atoms with Gasteiger partial charge in [0, 0.05) is 11.8 Å². The van der Waals surface area contributed by atoms with E-state index in [0.717, 1.165) is 31.2 Å². The lowest BCUT2D eigenvalue weighted by atomic mass is 9.78. The van der Waals surface area contributed by atoms with Gasteiger partial charge in [0.25, 0.3) is 0 Å². The van der Waals surface area contributed by atoms with E-state index < -0.39 is 27.4 Å². The Morgan fingerprint density at radius 2 is 1.79 bits per heavy atom. The zero-order valence-electron chi connectivity index (χ0n) is 17.1. The van der Waals surface area contributed by atoms with Crippen molar-refractivity contribution in [3.05, 3.63) is 29.0 Å². The number of ether oxygens (including phenoxy) is 1. The van der Waals surface area contributed by atoms with Crippen molar-refractivity contribution in [3.63, 3.8) is 0 Å². The maximum atomic E-state index is 12.5. The Morgan fingerprint density at radius 3 is 2.38 bits per heavy atom. The molecule has 4 nitrogen and oxygen atoms in total. The molecule has 1 saturated carbocycles. The molecule has 0 aromatic carbocycles. The van der Waals surface area contributed by atoms with Crippen LogP contribution in [0.2, 0.25) is 0 Å². The van der Waals surface area contributed by atoms with Crippen molar-refractivity contribution in [2.75, 3.05) is 12.4 Å². The van der Waals surface area contributed by atoms with Gasteiger partial charge in [-0.25, -0.2) is 13.4 Å². The molecule has 0 unspecified atom stereocenters. The first-order valence-electron chi connectivity index (χ1n) is 9.96. The lowest BCUT2D eigenvalue weighted by Crippen LogP contribution is -2.34. The van der Waals surface area contributed by atoms with Gasteiger partial charge >= 0.3 is 6.18 Å². The van der Waals surface area contributed by atoms with E-state index >= 15 is 0 Å². The van der Waals surface area contributed by atoms with Gasteiger partial charge < -0.3 is 4.74 Å². The summed E-state index contributed by atoms with van der Waals surface area (Å²) in [5, 5.41) is 0. The molecule has 0 radical (unpaired) electrons. The van der Waals surface area contributed by atoms with E-state index in [9.17, 15) is 21.6 Å². The number of rotatable bonds is 5. The van der Waals surface area contributed by atoms with Crippen LogP contribution in [0.3, 0.4) is 0 Å². The minimum absolute atomic E-state index is 0.0276. The summed E-state index contributed by atoms with van der Waals surface area (Å²) in [4.78, 5) is 3.97. The normalized spacial score (nSPS) is 22.9. The van der Waals surface area contributed by atoms with Crippen molar-refractivity contribution in [3.8, 4) is 5.88 Å². The maximum Gasteiger partial charge on any atom is 0.422 e. The van der Waals surface area contributed by atoms with Crippen molar-refractivity contribution in [2.45, 2.75) is 63.8 Å². The zero-order valence-corrected chi connectivity index (χ0v) is 17.9. The molecule has 1 aromatic rings. The highest BCUT2D eigenvalue weighted by Gasteiger charge is 2.35. The Bertz CT molecular complexity index is 877. The van der Waals surface area contributed by atoms with Gasteiger partial charge in [0.2, 0.25) is 5.88 Å². The molecule has 2 aliphatic rings. The molecule has 0 spiro atoms. The van der Waals surface area contributed by atoms with Crippen molar-refractivity contribution in [2.24, 2.45) is 11.8 Å². The van der Waals surface area contributed by atoms with Crippen LogP contribution in [-0.4, -0.2) is 36.7 Å². The van der Waals surface area contributed by atoms with Gasteiger partial charge in [-0.2, -0.15) is 13.2 Å². The first kappa shape index (κ1) is 22.1. The predicted molar refractivity (Wildman–Crippen MR) is 106 cm³/mol. The number of halogens is 3. The summed E-state index contributed by atoms with van der Waals surface area (Å²) >= 11 is 0. The molecule has 0 bridgehead atoms. The van der Waals surface area contributed by atoms with E-state index in [1.54, 1.807) is 20.8 Å². The molecule has 3 rings (SSSR count). The second-order valence-electron chi connectivity index (χ2n) is 9.10. The molecule has 2 aliphatic carbocycles. The predicted octanol–water partition coefficient (Wildman–Crippen LogP) is 4.98. The fourth-order valence-corrected chi connectivity index (χ4v) is 5.50. The minimum Gasteiger partial charge on any atom is -0.468 e. The Kier molecular flexibility index (Phi) is 6.05. The number of fused-ring (bicyclic) bond motifs is 1. The number of allylic oxidation sites excluding steroid dienone is 1. The van der Waals surface area contributed by atoms with Crippen LogP contribution in [0.15, 0.2) is 17.8 Å². The number of aromatic nitrogens is 1. The van der Waals surface area contributed by atoms with Crippen LogP contribution in [0.5, 0.6) is 5.88 Å². The largest absolute Gasteiger partial charge is 0.468 e. The number of nitrogens with zero attached hydrogens (tertiary/aromatic N) is 1. The van der Waals surface area contributed by atoms with Gasteiger partial charge in [-0.05, 0) is 82.4 Å². The summed E-state index contributed by atoms with van der Waals surface area (Å²) < 4.78 is 66.5. The highest BCUT2D eigenvalue weighted by Crippen LogP contribution is 2.41. The maximum absolute atomic E-state index is 12.5. The van der Waals surface area contributed by atoms with Crippen molar-refractivity contribution in [1.29, 1.82) is 0 Å². The van der Waals surface area contributed by atoms with Crippen LogP contribution in [0.25, 0.3) is 6.08 Å². The third-order valence-electron chi connectivity index (χ3n) is 5.90. The molecule has 8 heteroatoms. The highest BCUT2D eigenvalue weighted by molar-refractivity contribution is 7.92. The molecule has 0 aliphatic heterocycles. The van der Waals surface area contributed by atoms with E-state index in [1.165, 1.54) is 11.8 Å². The molecule has 29 heavy (non-hydrogen) atoms. The van der Waals surface area contributed by atoms with Crippen LogP contribution >= 0.6 is 0 Å². The van der Waals surface area contributed by atoms with E-state index in [2.05, 4.69) is 4.98 Å². The average molecular weight is 432 g/mol. The second kappa shape index (κ2) is 7.93. The second-order valence-corrected chi connectivity index (χ2v) is 11.9. The fraction of sp³-hybridized carbons (Fsp3) is 0.667. The average Bonchev–Trinajstić information content (AvgIpc) is 3.03. The molecular formula is C21H28F3NO3S. The minimum atomic E-state index is -4.40. The first-order valence-corrected chi connectivity index (χ1v) is 11.6. The monoisotopic (exact) mass is 431 g/mol. The van der Waals surface area contributed by atoms with Crippen LogP contribution in [0.4, 0.5) is 13.2 Å². The molecular weight excluding hydrogens is 403 g/mol. The highest BCUT2D eigenvalue weighted by atomic mass is 32.2. The van der Waals surface area contributed by atoms with Gasteiger partial charge in [-0.1, -0.05) is 5.57 Å². The SMILES string of the molecule is CC(C)(C)S(=O)(=O)CC1CCC(C2=Cc3c(ccnc3OCC(F)(F)F)C2)CC1. The lowest BCUT2D eigenvalue weighted by molar-refractivity contribution is -0.154. The van der Waals surface area contributed by atoms with Crippen molar-refractivity contribution < 1.29 is 26.3 Å². The third-order valence-corrected chi connectivity index (χ3v) is 8.68. The molecule has 0 amide bonds. The molecule has 1 fully saturated rings. The quantitative estimate of drug-likeness (QED) is 0.660. The van der Waals surface area contributed by atoms with Gasteiger partial charge in [-0.15, -0.1) is 0 Å². The molecule has 0 atom stereocenters. The summed E-state index contributed by atoms with van der Waals surface area (Å²) in [6.45, 7) is 3.86. The summed E-state index contributed by atoms with van der Waals surface area (Å²) in [5.41, 5.74) is 2.76. The zero-order chi connectivity index (χ0) is 21.4. The fourth-order valence-electron chi connectivity index (χ4n) is 4.04. The van der Waals surface area contributed by atoms with Gasteiger partial charge in [0.1, 0.15) is 0 Å². The summed E-state index contributed by atoms with van der Waals surface area (Å²) in [6.07, 6.45) is 3.19. The third kappa shape index (κ3) is 5.32. The number of alkyl halides is 3. The van der Waals surface area contributed by atoms with E-state index in [0.29, 0.717) is 17.9 Å². The van der Waals surface area contributed by atoms with Crippen molar-refractivity contribution in [1.82, 2.24) is 4.98 Å². The molecule has 1 aromatic heterocycles. The Hall–Kier alpha value is -1.57. The summed E-state index contributed by atoms with van der Waals surface area (Å²) in [7, 11) is -3.13. The van der Waals surface area contributed by atoms with Crippen LogP contribution in [-0.2, 0) is 16.3 Å². The van der Waals surface area contributed by atoms with Crippen LogP contribution in [0.1, 0.15) is 57.6 Å². The lowest BCUT2D eigenvalue weighted by Gasteiger charge is -2.31. The number of hydrogen-bond acceptors (Lipinski definition) is 4. The smallest absolute Gasteiger partial charge is 0.422 e. The Labute approximate surface area is 170 Å². The molecule has 0 N–H and O–H groups in total. The number of hydrogen-bond donors (Lipinski definition) is 0. The Morgan fingerprint density at radius 1 is 1.14 bits per heavy atom. The standard InChI is InChI=1S/C21H28F3NO3S/c1-20(2,3)29(26,27)12-14-4-6-15(7-5-14)17-10-16-8-9-25-19(18(16)11-17)28-13-21(22,23)24/h8-9,11,14-15H,4-7,10,12-13H2,1-3H3. The van der Waals surface area contributed by atoms with E-state index in [-0.39, 0.29) is 17.6 Å². The van der Waals surface area contributed by atoms with Gasteiger partial charge in [0.15, 0.2) is 16.4 Å². The molecule has 1 heterocycles. The number of sulfone groups is 1. The van der Waals surface area contributed by atoms with Crippen LogP contribution < -0.4 is 4.74 Å². The van der Waals surface area contributed by atoms with Gasteiger partial charge in [-0.3, -0.25) is 0 Å². The van der Waals surface area contributed by atoms with Crippen molar-refractivity contribution >= 4 is 15.9 Å². The summed E-state index contributed by atoms with van der Waals surface area (Å²) in [5.74, 6) is 0.750.